The summed E-state index contributed by atoms with van der Waals surface area (Å²) in [5.41, 5.74) is 8.65. The molecule has 0 radical (unpaired) electrons. The molecule has 3 aromatic heterocycles. The third-order valence-electron chi connectivity index (χ3n) is 7.73. The van der Waals surface area contributed by atoms with Crippen molar-refractivity contribution in [3.8, 4) is 22.5 Å². The molecule has 194 valence electrons. The summed E-state index contributed by atoms with van der Waals surface area (Å²) in [6.07, 6.45) is 5.72. The SMILES string of the molecule is Cc1cn(C2CCN(Cc3ccc(-c4nc5cc6cn[nH]c6cc5nc4-c4ccccc4)cc3)CC2)c(=O)[nH]1. The van der Waals surface area contributed by atoms with Crippen molar-refractivity contribution in [1.82, 2.24) is 34.6 Å². The highest BCUT2D eigenvalue weighted by molar-refractivity contribution is 5.95. The quantitative estimate of drug-likeness (QED) is 0.317. The fourth-order valence-electron chi connectivity index (χ4n) is 5.68. The second kappa shape index (κ2) is 9.63. The molecule has 1 saturated heterocycles. The maximum Gasteiger partial charge on any atom is 0.325 e. The number of rotatable bonds is 5. The van der Waals surface area contributed by atoms with Gasteiger partial charge in [0.05, 0.1) is 34.1 Å². The predicted molar refractivity (Wildman–Crippen MR) is 153 cm³/mol. The van der Waals surface area contributed by atoms with Gasteiger partial charge in [0.1, 0.15) is 0 Å². The Morgan fingerprint density at radius 3 is 2.28 bits per heavy atom. The van der Waals surface area contributed by atoms with Crippen molar-refractivity contribution in [3.05, 3.63) is 101 Å². The third kappa shape index (κ3) is 4.53. The molecule has 8 nitrogen and oxygen atoms in total. The molecule has 4 heterocycles. The second-order valence-corrected chi connectivity index (χ2v) is 10.4. The molecule has 7 rings (SSSR count). The largest absolute Gasteiger partial charge is 0.325 e. The van der Waals surface area contributed by atoms with Crippen LogP contribution in [0.25, 0.3) is 44.5 Å². The van der Waals surface area contributed by atoms with Gasteiger partial charge in [-0.2, -0.15) is 5.10 Å². The Hall–Kier alpha value is -4.56. The summed E-state index contributed by atoms with van der Waals surface area (Å²) in [6, 6.07) is 23.3. The highest BCUT2D eigenvalue weighted by Gasteiger charge is 2.22. The van der Waals surface area contributed by atoms with Gasteiger partial charge in [-0.3, -0.25) is 14.6 Å². The Kier molecular flexibility index (Phi) is 5.82. The van der Waals surface area contributed by atoms with Crippen LogP contribution < -0.4 is 5.69 Å². The molecule has 39 heavy (non-hydrogen) atoms. The minimum atomic E-state index is 0.00221. The molecule has 2 N–H and O–H groups in total. The highest BCUT2D eigenvalue weighted by atomic mass is 16.1. The normalized spacial score (nSPS) is 14.9. The van der Waals surface area contributed by atoms with Crippen LogP contribution >= 0.6 is 0 Å². The van der Waals surface area contributed by atoms with E-state index >= 15 is 0 Å². The van der Waals surface area contributed by atoms with Gasteiger partial charge in [-0.25, -0.2) is 14.8 Å². The van der Waals surface area contributed by atoms with Gasteiger partial charge < -0.3 is 4.98 Å². The highest BCUT2D eigenvalue weighted by Crippen LogP contribution is 2.32. The van der Waals surface area contributed by atoms with E-state index in [0.29, 0.717) is 0 Å². The number of H-pyrrole nitrogens is 2. The van der Waals surface area contributed by atoms with Gasteiger partial charge in [-0.1, -0.05) is 54.6 Å². The molecule has 1 fully saturated rings. The van der Waals surface area contributed by atoms with E-state index in [0.717, 1.165) is 82.6 Å². The van der Waals surface area contributed by atoms with Crippen LogP contribution in [0.15, 0.2) is 83.9 Å². The summed E-state index contributed by atoms with van der Waals surface area (Å²) in [5.74, 6) is 0. The van der Waals surface area contributed by atoms with E-state index in [1.807, 2.05) is 54.2 Å². The van der Waals surface area contributed by atoms with Gasteiger partial charge in [0, 0.05) is 54.1 Å². The van der Waals surface area contributed by atoms with Crippen LogP contribution in [-0.2, 0) is 6.54 Å². The fraction of sp³-hybridized carbons (Fsp3) is 0.226. The molecule has 3 aromatic carbocycles. The number of likely N-dealkylation sites (tertiary alicyclic amines) is 1. The number of nitrogens with zero attached hydrogens (tertiary/aromatic N) is 5. The van der Waals surface area contributed by atoms with Crippen LogP contribution in [0.5, 0.6) is 0 Å². The summed E-state index contributed by atoms with van der Waals surface area (Å²) >= 11 is 0. The molecule has 8 heteroatoms. The van der Waals surface area contributed by atoms with Crippen molar-refractivity contribution in [2.24, 2.45) is 0 Å². The number of aromatic amines is 2. The minimum Gasteiger partial charge on any atom is -0.310 e. The summed E-state index contributed by atoms with van der Waals surface area (Å²) in [7, 11) is 0. The number of hydrogen-bond acceptors (Lipinski definition) is 5. The van der Waals surface area contributed by atoms with Gasteiger partial charge in [0.15, 0.2) is 0 Å². The van der Waals surface area contributed by atoms with E-state index in [-0.39, 0.29) is 11.7 Å². The smallest absolute Gasteiger partial charge is 0.310 e. The number of imidazole rings is 1. The van der Waals surface area contributed by atoms with E-state index in [9.17, 15) is 4.79 Å². The van der Waals surface area contributed by atoms with E-state index in [1.165, 1.54) is 5.56 Å². The molecule has 0 bridgehead atoms. The second-order valence-electron chi connectivity index (χ2n) is 10.4. The molecule has 1 aliphatic rings. The number of aromatic nitrogens is 6. The van der Waals surface area contributed by atoms with Gasteiger partial charge in [-0.15, -0.1) is 0 Å². The first kappa shape index (κ1) is 23.5. The number of benzene rings is 3. The molecule has 0 amide bonds. The monoisotopic (exact) mass is 515 g/mol. The maximum atomic E-state index is 12.2. The number of aryl methyl sites for hydroxylation is 1. The van der Waals surface area contributed by atoms with E-state index in [1.54, 1.807) is 0 Å². The summed E-state index contributed by atoms with van der Waals surface area (Å²) in [5, 5.41) is 8.22. The molecule has 6 aromatic rings. The number of nitrogens with one attached hydrogen (secondary N) is 2. The predicted octanol–water partition coefficient (Wildman–Crippen LogP) is 5.48. The van der Waals surface area contributed by atoms with E-state index in [2.05, 4.69) is 56.5 Å². The number of fused-ring (bicyclic) bond motifs is 2. The third-order valence-corrected chi connectivity index (χ3v) is 7.73. The standard InChI is InChI=1S/C31H29N7O/c1-20-18-38(31(39)33-20)25-11-13-37(14-12-25)19-21-7-9-23(10-8-21)30-29(22-5-3-2-4-6-22)35-28-16-26-24(17-32-36-26)15-27(28)34-30/h2-10,15-18,25H,11-14,19H2,1H3,(H,32,36)(H,33,39). The Morgan fingerprint density at radius 2 is 1.59 bits per heavy atom. The fourth-order valence-corrected chi connectivity index (χ4v) is 5.68. The molecule has 1 aliphatic heterocycles. The molecular formula is C31H29N7O. The Bertz CT molecular complexity index is 1820. The Balaban J connectivity index is 1.15. The zero-order valence-corrected chi connectivity index (χ0v) is 21.8. The summed E-state index contributed by atoms with van der Waals surface area (Å²) < 4.78 is 1.87. The van der Waals surface area contributed by atoms with Crippen LogP contribution in [0.4, 0.5) is 0 Å². The van der Waals surface area contributed by atoms with Gasteiger partial charge >= 0.3 is 5.69 Å². The van der Waals surface area contributed by atoms with Crippen LogP contribution in [0.1, 0.15) is 30.1 Å². The molecule has 0 unspecified atom stereocenters. The van der Waals surface area contributed by atoms with Gasteiger partial charge in [0.2, 0.25) is 0 Å². The molecule has 0 atom stereocenters. The van der Waals surface area contributed by atoms with Crippen LogP contribution in [0.3, 0.4) is 0 Å². The van der Waals surface area contributed by atoms with E-state index < -0.39 is 0 Å². The molecule has 0 saturated carbocycles. The van der Waals surface area contributed by atoms with Gasteiger partial charge in [0.25, 0.3) is 0 Å². The lowest BCUT2D eigenvalue weighted by Crippen LogP contribution is -2.36. The zero-order valence-electron chi connectivity index (χ0n) is 21.8. The maximum absolute atomic E-state index is 12.2. The van der Waals surface area contributed by atoms with Crippen molar-refractivity contribution in [1.29, 1.82) is 0 Å². The first-order valence-electron chi connectivity index (χ1n) is 13.4. The van der Waals surface area contributed by atoms with Crippen LogP contribution in [0, 0.1) is 6.92 Å². The zero-order chi connectivity index (χ0) is 26.3. The number of hydrogen-bond donors (Lipinski definition) is 2. The Labute approximate surface area is 225 Å². The first-order valence-corrected chi connectivity index (χ1v) is 13.4. The summed E-state index contributed by atoms with van der Waals surface area (Å²) in [4.78, 5) is 27.7. The number of piperidine rings is 1. The molecular weight excluding hydrogens is 486 g/mol. The average Bonchev–Trinajstić information content (AvgIpc) is 3.57. The minimum absolute atomic E-state index is 0.00221. The van der Waals surface area contributed by atoms with Crippen molar-refractivity contribution in [2.45, 2.75) is 32.4 Å². The lowest BCUT2D eigenvalue weighted by Gasteiger charge is -2.32. The molecule has 0 aliphatic carbocycles. The van der Waals surface area contributed by atoms with Crippen molar-refractivity contribution in [3.63, 3.8) is 0 Å². The first-order chi connectivity index (χ1) is 19.1. The average molecular weight is 516 g/mol. The van der Waals surface area contributed by atoms with E-state index in [4.69, 9.17) is 9.97 Å². The van der Waals surface area contributed by atoms with Crippen LogP contribution in [0.2, 0.25) is 0 Å². The van der Waals surface area contributed by atoms with Crippen LogP contribution in [-0.4, -0.2) is 47.7 Å². The molecule has 0 spiro atoms. The van der Waals surface area contributed by atoms with Crippen molar-refractivity contribution in [2.75, 3.05) is 13.1 Å². The topological polar surface area (TPSA) is 95.5 Å². The summed E-state index contributed by atoms with van der Waals surface area (Å²) in [6.45, 7) is 4.77. The van der Waals surface area contributed by atoms with Gasteiger partial charge in [-0.05, 0) is 37.5 Å². The Morgan fingerprint density at radius 1 is 0.897 bits per heavy atom. The lowest BCUT2D eigenvalue weighted by atomic mass is 10.0. The van der Waals surface area contributed by atoms with Crippen molar-refractivity contribution >= 4 is 21.9 Å². The van der Waals surface area contributed by atoms with Crippen molar-refractivity contribution < 1.29 is 0 Å². The lowest BCUT2D eigenvalue weighted by molar-refractivity contribution is 0.178.